The van der Waals surface area contributed by atoms with Gasteiger partial charge in [-0.2, -0.15) is 4.98 Å². The summed E-state index contributed by atoms with van der Waals surface area (Å²) >= 11 is 1.45. The molecule has 0 fully saturated rings. The van der Waals surface area contributed by atoms with Gasteiger partial charge in [0, 0.05) is 25.1 Å². The number of hydrogen-bond acceptors (Lipinski definition) is 7. The molecule has 0 saturated carbocycles. The smallest absolute Gasteiger partial charge is 0.263 e. The number of aromatic nitrogens is 2. The van der Waals surface area contributed by atoms with Gasteiger partial charge in [-0.25, -0.2) is 0 Å². The quantitative estimate of drug-likeness (QED) is 0.397. The summed E-state index contributed by atoms with van der Waals surface area (Å²) in [5.74, 6) is 2.37. The average Bonchev–Trinajstić information content (AvgIpc) is 3.60. The summed E-state index contributed by atoms with van der Waals surface area (Å²) in [6, 6.07) is 19.4. The van der Waals surface area contributed by atoms with Gasteiger partial charge in [0.05, 0.1) is 4.88 Å². The highest BCUT2D eigenvalue weighted by Crippen LogP contribution is 2.35. The molecule has 0 bridgehead atoms. The average molecular weight is 448 g/mol. The Morgan fingerprint density at radius 1 is 0.969 bits per heavy atom. The Morgan fingerprint density at radius 3 is 2.66 bits per heavy atom. The molecule has 0 spiro atoms. The van der Waals surface area contributed by atoms with Gasteiger partial charge >= 0.3 is 0 Å². The van der Waals surface area contributed by atoms with Crippen LogP contribution in [-0.4, -0.2) is 40.8 Å². The highest BCUT2D eigenvalue weighted by Gasteiger charge is 2.19. The van der Waals surface area contributed by atoms with Gasteiger partial charge in [-0.3, -0.25) is 4.79 Å². The lowest BCUT2D eigenvalue weighted by Gasteiger charge is -2.21. The SMILES string of the molecule is O=C(c1cccs1)N(CCc1ccccc1)CCc1nc(-c2ccc3c(c2)OCO3)no1. The molecule has 0 N–H and O–H groups in total. The number of benzene rings is 2. The van der Waals surface area contributed by atoms with Crippen LogP contribution in [0.15, 0.2) is 70.6 Å². The van der Waals surface area contributed by atoms with Crippen LogP contribution >= 0.6 is 11.3 Å². The van der Waals surface area contributed by atoms with Gasteiger partial charge < -0.3 is 18.9 Å². The van der Waals surface area contributed by atoms with Crippen molar-refractivity contribution in [3.8, 4) is 22.9 Å². The predicted octanol–water partition coefficient (Wildman–Crippen LogP) is 4.45. The molecule has 8 heteroatoms. The minimum atomic E-state index is 0.0199. The van der Waals surface area contributed by atoms with E-state index in [1.54, 1.807) is 0 Å². The van der Waals surface area contributed by atoms with Gasteiger partial charge in [0.15, 0.2) is 11.5 Å². The molecule has 5 rings (SSSR count). The maximum Gasteiger partial charge on any atom is 0.263 e. The summed E-state index contributed by atoms with van der Waals surface area (Å²) in [7, 11) is 0. The summed E-state index contributed by atoms with van der Waals surface area (Å²) < 4.78 is 16.2. The summed E-state index contributed by atoms with van der Waals surface area (Å²) in [4.78, 5) is 20.1. The second-order valence-electron chi connectivity index (χ2n) is 7.33. The number of rotatable bonds is 8. The van der Waals surface area contributed by atoms with Crippen LogP contribution in [0.2, 0.25) is 0 Å². The number of ether oxygens (including phenoxy) is 2. The monoisotopic (exact) mass is 447 g/mol. The molecule has 4 aromatic rings. The fourth-order valence-corrected chi connectivity index (χ4v) is 4.21. The molecule has 162 valence electrons. The molecule has 2 aromatic heterocycles. The zero-order valence-corrected chi connectivity index (χ0v) is 18.1. The van der Waals surface area contributed by atoms with Gasteiger partial charge in [0.2, 0.25) is 18.5 Å². The molecular weight excluding hydrogens is 426 g/mol. The maximum atomic E-state index is 13.0. The van der Waals surface area contributed by atoms with Gasteiger partial charge in [0.1, 0.15) is 0 Å². The molecule has 2 aromatic carbocycles. The van der Waals surface area contributed by atoms with E-state index in [4.69, 9.17) is 14.0 Å². The van der Waals surface area contributed by atoms with Crippen molar-refractivity contribution in [2.45, 2.75) is 12.8 Å². The molecule has 1 amide bonds. The van der Waals surface area contributed by atoms with Crippen LogP contribution in [0.1, 0.15) is 21.1 Å². The third-order valence-electron chi connectivity index (χ3n) is 5.23. The Labute approximate surface area is 189 Å². The van der Waals surface area contributed by atoms with Crippen LogP contribution in [0.25, 0.3) is 11.4 Å². The van der Waals surface area contributed by atoms with Gasteiger partial charge in [-0.05, 0) is 41.6 Å². The molecule has 0 aliphatic carbocycles. The minimum absolute atomic E-state index is 0.0199. The molecule has 32 heavy (non-hydrogen) atoms. The number of hydrogen-bond donors (Lipinski definition) is 0. The first-order chi connectivity index (χ1) is 15.8. The summed E-state index contributed by atoms with van der Waals surface area (Å²) in [5.41, 5.74) is 1.99. The summed E-state index contributed by atoms with van der Waals surface area (Å²) in [6.07, 6.45) is 1.26. The highest BCUT2D eigenvalue weighted by molar-refractivity contribution is 7.12. The number of fused-ring (bicyclic) bond motifs is 1. The van der Waals surface area contributed by atoms with Crippen LogP contribution in [0.3, 0.4) is 0 Å². The normalized spacial score (nSPS) is 12.1. The minimum Gasteiger partial charge on any atom is -0.454 e. The number of carbonyl (C=O) groups is 1. The van der Waals surface area contributed by atoms with Gasteiger partial charge in [-0.15, -0.1) is 11.3 Å². The molecule has 7 nitrogen and oxygen atoms in total. The van der Waals surface area contributed by atoms with Crippen LogP contribution in [0, 0.1) is 0 Å². The molecule has 0 unspecified atom stereocenters. The van der Waals surface area contributed by atoms with Gasteiger partial charge in [-0.1, -0.05) is 41.6 Å². The lowest BCUT2D eigenvalue weighted by atomic mass is 10.1. The topological polar surface area (TPSA) is 77.7 Å². The number of nitrogens with zero attached hydrogens (tertiary/aromatic N) is 3. The van der Waals surface area contributed by atoms with Crippen molar-refractivity contribution in [3.05, 3.63) is 82.4 Å². The maximum absolute atomic E-state index is 13.0. The Balaban J connectivity index is 1.27. The van der Waals surface area contributed by atoms with E-state index in [0.29, 0.717) is 42.7 Å². The van der Waals surface area contributed by atoms with E-state index >= 15 is 0 Å². The zero-order valence-electron chi connectivity index (χ0n) is 17.3. The van der Waals surface area contributed by atoms with E-state index in [1.807, 2.05) is 58.8 Å². The molecule has 1 aliphatic heterocycles. The molecular formula is C24H21N3O4S. The van der Waals surface area contributed by atoms with E-state index in [2.05, 4.69) is 22.3 Å². The molecule has 0 atom stereocenters. The van der Waals surface area contributed by atoms with E-state index in [-0.39, 0.29) is 12.7 Å². The van der Waals surface area contributed by atoms with Crippen molar-refractivity contribution in [1.29, 1.82) is 0 Å². The van der Waals surface area contributed by atoms with Crippen LogP contribution in [0.4, 0.5) is 0 Å². The molecule has 3 heterocycles. The first kappa shape index (κ1) is 20.3. The third-order valence-corrected chi connectivity index (χ3v) is 6.08. The van der Waals surface area contributed by atoms with Crippen LogP contribution in [0.5, 0.6) is 11.5 Å². The Hall–Kier alpha value is -3.65. The van der Waals surface area contributed by atoms with Crippen molar-refractivity contribution < 1.29 is 18.8 Å². The number of carbonyl (C=O) groups excluding carboxylic acids is 1. The van der Waals surface area contributed by atoms with E-state index in [1.165, 1.54) is 16.9 Å². The first-order valence-corrected chi connectivity index (χ1v) is 11.2. The number of amides is 1. The third kappa shape index (κ3) is 4.50. The van der Waals surface area contributed by atoms with Crippen molar-refractivity contribution in [3.63, 3.8) is 0 Å². The van der Waals surface area contributed by atoms with E-state index in [0.717, 1.165) is 16.9 Å². The predicted molar refractivity (Wildman–Crippen MR) is 120 cm³/mol. The Morgan fingerprint density at radius 2 is 1.81 bits per heavy atom. The van der Waals surface area contributed by atoms with E-state index in [9.17, 15) is 4.79 Å². The Bertz CT molecular complexity index is 1190. The standard InChI is InChI=1S/C24H21N3O4S/c28-24(21-7-4-14-32-21)27(12-10-17-5-2-1-3-6-17)13-11-22-25-23(26-31-22)18-8-9-19-20(15-18)30-16-29-19/h1-9,14-15H,10-13,16H2. The first-order valence-electron chi connectivity index (χ1n) is 10.4. The van der Waals surface area contributed by atoms with E-state index < -0.39 is 0 Å². The largest absolute Gasteiger partial charge is 0.454 e. The summed E-state index contributed by atoms with van der Waals surface area (Å²) in [5, 5.41) is 6.01. The van der Waals surface area contributed by atoms with Crippen LogP contribution < -0.4 is 9.47 Å². The van der Waals surface area contributed by atoms with Crippen molar-refractivity contribution >= 4 is 17.2 Å². The highest BCUT2D eigenvalue weighted by atomic mass is 32.1. The van der Waals surface area contributed by atoms with Crippen LogP contribution in [-0.2, 0) is 12.8 Å². The lowest BCUT2D eigenvalue weighted by Crippen LogP contribution is -2.34. The van der Waals surface area contributed by atoms with Gasteiger partial charge in [0.25, 0.3) is 5.91 Å². The fraction of sp³-hybridized carbons (Fsp3) is 0.208. The zero-order chi connectivity index (χ0) is 21.8. The molecule has 1 aliphatic rings. The van der Waals surface area contributed by atoms with Crippen molar-refractivity contribution in [2.24, 2.45) is 0 Å². The second kappa shape index (κ2) is 9.23. The number of thiophene rings is 1. The second-order valence-corrected chi connectivity index (χ2v) is 8.28. The van der Waals surface area contributed by atoms with Crippen molar-refractivity contribution in [1.82, 2.24) is 15.0 Å². The van der Waals surface area contributed by atoms with Crippen molar-refractivity contribution in [2.75, 3.05) is 19.9 Å². The fourth-order valence-electron chi connectivity index (χ4n) is 3.52. The Kier molecular flexibility index (Phi) is 5.85. The lowest BCUT2D eigenvalue weighted by molar-refractivity contribution is 0.0761. The molecule has 0 radical (unpaired) electrons. The summed E-state index contributed by atoms with van der Waals surface area (Å²) in [6.45, 7) is 1.32. The molecule has 0 saturated heterocycles.